The Morgan fingerprint density at radius 1 is 1.00 bits per heavy atom. The van der Waals surface area contributed by atoms with E-state index < -0.39 is 17.4 Å². The topological polar surface area (TPSA) is 87.7 Å². The van der Waals surface area contributed by atoms with E-state index in [-0.39, 0.29) is 12.3 Å². The van der Waals surface area contributed by atoms with Crippen molar-refractivity contribution in [3.8, 4) is 0 Å². The van der Waals surface area contributed by atoms with Gasteiger partial charge in [0.25, 0.3) is 0 Å². The Balaban J connectivity index is 1.32. The molecule has 1 saturated carbocycles. The van der Waals surface area contributed by atoms with Gasteiger partial charge in [-0.3, -0.25) is 9.59 Å². The maximum atomic E-state index is 14.1. The predicted molar refractivity (Wildman–Crippen MR) is 156 cm³/mol. The summed E-state index contributed by atoms with van der Waals surface area (Å²) >= 11 is 0. The SMILES string of the molecule is Cc1ccc(C(NC(=O)C2(c3ccc4c(ccn4CCC(=O)O)c3)CC2)c2ccc(C)o2)c(N2CCCCC2)c1. The van der Waals surface area contributed by atoms with Gasteiger partial charge < -0.3 is 24.3 Å². The van der Waals surface area contributed by atoms with Gasteiger partial charge in [0.2, 0.25) is 5.91 Å². The number of hydrogen-bond donors (Lipinski definition) is 2. The number of carbonyl (C=O) groups excluding carboxylic acids is 1. The van der Waals surface area contributed by atoms with Crippen molar-refractivity contribution in [1.29, 1.82) is 0 Å². The minimum Gasteiger partial charge on any atom is -0.481 e. The average molecular weight is 540 g/mol. The van der Waals surface area contributed by atoms with Crippen LogP contribution in [0.3, 0.4) is 0 Å². The van der Waals surface area contributed by atoms with Gasteiger partial charge in [0.15, 0.2) is 0 Å². The molecule has 1 aliphatic carbocycles. The molecule has 1 saturated heterocycles. The molecule has 2 fully saturated rings. The van der Waals surface area contributed by atoms with Gasteiger partial charge in [-0.2, -0.15) is 0 Å². The molecule has 6 rings (SSSR count). The van der Waals surface area contributed by atoms with Crippen LogP contribution in [-0.2, 0) is 21.5 Å². The number of carboxylic acid groups (broad SMARTS) is 1. The summed E-state index contributed by atoms with van der Waals surface area (Å²) in [4.78, 5) is 27.6. The van der Waals surface area contributed by atoms with Crippen molar-refractivity contribution in [2.75, 3.05) is 18.0 Å². The Kier molecular flexibility index (Phi) is 6.90. The Morgan fingerprint density at radius 3 is 2.50 bits per heavy atom. The second kappa shape index (κ2) is 10.5. The molecule has 0 radical (unpaired) electrons. The summed E-state index contributed by atoms with van der Waals surface area (Å²) in [6.07, 6.45) is 7.18. The quantitative estimate of drug-likeness (QED) is 0.262. The van der Waals surface area contributed by atoms with E-state index in [0.717, 1.165) is 59.5 Å². The maximum Gasteiger partial charge on any atom is 0.305 e. The number of aromatic nitrogens is 1. The monoisotopic (exact) mass is 539 g/mol. The zero-order valence-corrected chi connectivity index (χ0v) is 23.3. The second-order valence-corrected chi connectivity index (χ2v) is 11.5. The molecule has 4 aromatic rings. The van der Waals surface area contributed by atoms with Gasteiger partial charge in [-0.05, 0) is 98.9 Å². The normalized spacial score (nSPS) is 17.1. The van der Waals surface area contributed by atoms with Crippen LogP contribution in [0.15, 0.2) is 65.2 Å². The van der Waals surface area contributed by atoms with Crippen molar-refractivity contribution in [2.45, 2.75) is 70.4 Å². The van der Waals surface area contributed by atoms with Crippen molar-refractivity contribution in [3.05, 3.63) is 89.0 Å². The highest BCUT2D eigenvalue weighted by atomic mass is 16.4. The number of benzene rings is 2. The Hall–Kier alpha value is -4.00. The Labute approximate surface area is 234 Å². The minimum absolute atomic E-state index is 0.0152. The number of piperidine rings is 1. The zero-order valence-electron chi connectivity index (χ0n) is 23.3. The number of hydrogen-bond acceptors (Lipinski definition) is 4. The number of amides is 1. The zero-order chi connectivity index (χ0) is 27.9. The van der Waals surface area contributed by atoms with Crippen molar-refractivity contribution in [2.24, 2.45) is 0 Å². The molecular weight excluding hydrogens is 502 g/mol. The summed E-state index contributed by atoms with van der Waals surface area (Å²) in [6, 6.07) is 18.2. The number of aliphatic carboxylic acids is 1. The first kappa shape index (κ1) is 26.2. The number of anilines is 1. The molecule has 1 amide bonds. The van der Waals surface area contributed by atoms with Gasteiger partial charge in [0, 0.05) is 42.6 Å². The van der Waals surface area contributed by atoms with Crippen LogP contribution in [0.4, 0.5) is 5.69 Å². The lowest BCUT2D eigenvalue weighted by Gasteiger charge is -2.33. The molecule has 2 N–H and O–H groups in total. The largest absolute Gasteiger partial charge is 0.481 e. The van der Waals surface area contributed by atoms with Crippen molar-refractivity contribution in [1.82, 2.24) is 9.88 Å². The summed E-state index contributed by atoms with van der Waals surface area (Å²) in [6.45, 7) is 6.51. The van der Waals surface area contributed by atoms with E-state index in [0.29, 0.717) is 6.54 Å². The molecule has 7 nitrogen and oxygen atoms in total. The number of nitrogens with zero attached hydrogens (tertiary/aromatic N) is 2. The van der Waals surface area contributed by atoms with E-state index in [2.05, 4.69) is 41.4 Å². The second-order valence-electron chi connectivity index (χ2n) is 11.5. The van der Waals surface area contributed by atoms with Crippen LogP contribution in [0.2, 0.25) is 0 Å². The van der Waals surface area contributed by atoms with Gasteiger partial charge >= 0.3 is 5.97 Å². The highest BCUT2D eigenvalue weighted by Gasteiger charge is 2.52. The fraction of sp³-hybridized carbons (Fsp3) is 0.394. The van der Waals surface area contributed by atoms with E-state index >= 15 is 0 Å². The van der Waals surface area contributed by atoms with Crippen LogP contribution >= 0.6 is 0 Å². The molecule has 0 bridgehead atoms. The molecule has 2 aliphatic rings. The summed E-state index contributed by atoms with van der Waals surface area (Å²) in [7, 11) is 0. The van der Waals surface area contributed by atoms with Gasteiger partial charge in [-0.15, -0.1) is 0 Å². The molecule has 2 aromatic carbocycles. The molecule has 3 heterocycles. The molecule has 1 aliphatic heterocycles. The summed E-state index contributed by atoms with van der Waals surface area (Å²) in [5.41, 5.74) is 4.85. The highest BCUT2D eigenvalue weighted by Crippen LogP contribution is 2.50. The van der Waals surface area contributed by atoms with Crippen LogP contribution in [-0.4, -0.2) is 34.6 Å². The first-order valence-electron chi connectivity index (χ1n) is 14.4. The van der Waals surface area contributed by atoms with Gasteiger partial charge in [-0.25, -0.2) is 0 Å². The molecule has 40 heavy (non-hydrogen) atoms. The first-order chi connectivity index (χ1) is 19.3. The Morgan fingerprint density at radius 2 is 1.80 bits per heavy atom. The van der Waals surface area contributed by atoms with Crippen LogP contribution in [0.25, 0.3) is 10.9 Å². The summed E-state index contributed by atoms with van der Waals surface area (Å²) in [5.74, 6) is 0.765. The molecule has 2 aromatic heterocycles. The van der Waals surface area contributed by atoms with Gasteiger partial charge in [-0.1, -0.05) is 18.2 Å². The minimum atomic E-state index is -0.814. The molecule has 1 unspecified atom stereocenters. The van der Waals surface area contributed by atoms with Crippen molar-refractivity contribution in [3.63, 3.8) is 0 Å². The summed E-state index contributed by atoms with van der Waals surface area (Å²) in [5, 5.41) is 13.5. The number of nitrogens with one attached hydrogen (secondary N) is 1. The third kappa shape index (κ3) is 5.01. The van der Waals surface area contributed by atoms with E-state index in [1.54, 1.807) is 0 Å². The van der Waals surface area contributed by atoms with Gasteiger partial charge in [0.05, 0.1) is 11.8 Å². The smallest absolute Gasteiger partial charge is 0.305 e. The lowest BCUT2D eigenvalue weighted by molar-refractivity contribution is -0.137. The molecule has 7 heteroatoms. The lowest BCUT2D eigenvalue weighted by Crippen LogP contribution is -2.39. The Bertz CT molecular complexity index is 1550. The number of carbonyl (C=O) groups is 2. The fourth-order valence-corrected chi connectivity index (χ4v) is 6.17. The van der Waals surface area contributed by atoms with Crippen LogP contribution in [0.5, 0.6) is 0 Å². The van der Waals surface area contributed by atoms with E-state index in [4.69, 9.17) is 9.52 Å². The molecular formula is C33H37N3O4. The number of carboxylic acids is 1. The van der Waals surface area contributed by atoms with E-state index in [1.165, 1.54) is 30.5 Å². The summed E-state index contributed by atoms with van der Waals surface area (Å²) < 4.78 is 8.09. The number of furan rings is 1. The third-order valence-corrected chi connectivity index (χ3v) is 8.59. The van der Waals surface area contributed by atoms with Crippen molar-refractivity contribution < 1.29 is 19.1 Å². The van der Waals surface area contributed by atoms with Crippen LogP contribution < -0.4 is 10.2 Å². The number of aryl methyl sites for hydroxylation is 3. The lowest BCUT2D eigenvalue weighted by atomic mass is 9.92. The third-order valence-electron chi connectivity index (χ3n) is 8.59. The average Bonchev–Trinajstić information content (AvgIpc) is 3.51. The van der Waals surface area contributed by atoms with Crippen LogP contribution in [0.1, 0.15) is 72.8 Å². The maximum absolute atomic E-state index is 14.1. The number of rotatable bonds is 9. The molecule has 208 valence electrons. The predicted octanol–water partition coefficient (Wildman–Crippen LogP) is 6.25. The van der Waals surface area contributed by atoms with Crippen molar-refractivity contribution >= 4 is 28.5 Å². The fourth-order valence-electron chi connectivity index (χ4n) is 6.17. The van der Waals surface area contributed by atoms with Gasteiger partial charge in [0.1, 0.15) is 17.6 Å². The van der Waals surface area contributed by atoms with Crippen LogP contribution in [0, 0.1) is 13.8 Å². The molecule has 1 atom stereocenters. The number of fused-ring (bicyclic) bond motifs is 1. The standard InChI is InChI=1S/C33H37N3O4/c1-22-6-9-26(28(20-22)35-16-4-3-5-17-35)31(29-11-7-23(2)40-29)34-32(39)33(14-15-33)25-8-10-27-24(21-25)12-18-36(27)19-13-30(37)38/h6-12,18,20-21,31H,3-5,13-17,19H2,1-2H3,(H,34,39)(H,37,38). The van der Waals surface area contributed by atoms with E-state index in [9.17, 15) is 9.59 Å². The van der Waals surface area contributed by atoms with E-state index in [1.807, 2.05) is 48.0 Å². The first-order valence-corrected chi connectivity index (χ1v) is 14.4. The highest BCUT2D eigenvalue weighted by molar-refractivity contribution is 5.93. The molecule has 0 spiro atoms.